The number of hydrogen-bond acceptors (Lipinski definition) is 5. The number of ether oxygens (including phenoxy) is 2. The van der Waals surface area contributed by atoms with Gasteiger partial charge in [0.25, 0.3) is 11.8 Å². The summed E-state index contributed by atoms with van der Waals surface area (Å²) in [7, 11) is 3.90. The first kappa shape index (κ1) is 22.2. The second-order valence-electron chi connectivity index (χ2n) is 7.15. The second kappa shape index (κ2) is 9.55. The van der Waals surface area contributed by atoms with E-state index in [9.17, 15) is 9.59 Å². The van der Waals surface area contributed by atoms with Crippen molar-refractivity contribution in [2.45, 2.75) is 13.0 Å². The molecule has 1 aliphatic heterocycles. The van der Waals surface area contributed by atoms with Gasteiger partial charge in [0, 0.05) is 29.9 Å². The van der Waals surface area contributed by atoms with Crippen molar-refractivity contribution in [2.24, 2.45) is 0 Å². The van der Waals surface area contributed by atoms with Gasteiger partial charge in [-0.25, -0.2) is 0 Å². The third-order valence-electron chi connectivity index (χ3n) is 4.48. The third kappa shape index (κ3) is 5.36. The topological polar surface area (TPSA) is 71.1 Å². The number of fused-ring (bicyclic) bond motifs is 1. The summed E-state index contributed by atoms with van der Waals surface area (Å²) in [6.45, 7) is 2.76. The number of rotatable bonds is 7. The number of nitrogens with one attached hydrogen (secondary N) is 1. The summed E-state index contributed by atoms with van der Waals surface area (Å²) >= 11 is 11.9. The first-order chi connectivity index (χ1) is 14.2. The van der Waals surface area contributed by atoms with Gasteiger partial charge >= 0.3 is 0 Å². The molecule has 1 N–H and O–H groups in total. The predicted octanol–water partition coefficient (Wildman–Crippen LogP) is 3.69. The highest BCUT2D eigenvalue weighted by molar-refractivity contribution is 6.35. The maximum atomic E-state index is 12.5. The number of halogens is 2. The molecule has 7 nitrogen and oxygen atoms in total. The summed E-state index contributed by atoms with van der Waals surface area (Å²) in [4.78, 5) is 28.5. The Kier molecular flexibility index (Phi) is 7.07. The smallest absolute Gasteiger partial charge is 0.267 e. The Morgan fingerprint density at radius 3 is 2.70 bits per heavy atom. The molecular weight excluding hydrogens is 429 g/mol. The van der Waals surface area contributed by atoms with E-state index in [1.807, 2.05) is 19.0 Å². The van der Waals surface area contributed by atoms with Crippen LogP contribution in [0.15, 0.2) is 36.4 Å². The molecule has 1 atom stereocenters. The summed E-state index contributed by atoms with van der Waals surface area (Å²) in [6, 6.07) is 9.97. The van der Waals surface area contributed by atoms with Crippen LogP contribution in [0.25, 0.3) is 0 Å². The third-order valence-corrected chi connectivity index (χ3v) is 5.01. The van der Waals surface area contributed by atoms with Crippen molar-refractivity contribution in [1.82, 2.24) is 4.90 Å². The highest BCUT2D eigenvalue weighted by Gasteiger charge is 2.31. The average molecular weight is 452 g/mol. The van der Waals surface area contributed by atoms with E-state index in [1.165, 1.54) is 0 Å². The van der Waals surface area contributed by atoms with Crippen molar-refractivity contribution < 1.29 is 19.1 Å². The fourth-order valence-corrected chi connectivity index (χ4v) is 3.41. The number of benzene rings is 2. The normalized spacial score (nSPS) is 15.6. The zero-order valence-electron chi connectivity index (χ0n) is 16.9. The van der Waals surface area contributed by atoms with Crippen molar-refractivity contribution in [3.05, 3.63) is 46.4 Å². The molecule has 0 fully saturated rings. The maximum absolute atomic E-state index is 12.5. The Morgan fingerprint density at radius 1 is 1.23 bits per heavy atom. The zero-order valence-corrected chi connectivity index (χ0v) is 18.5. The Balaban J connectivity index is 1.67. The number of amides is 2. The van der Waals surface area contributed by atoms with Crippen LogP contribution in [0.5, 0.6) is 11.5 Å². The van der Waals surface area contributed by atoms with Crippen LogP contribution in [0.3, 0.4) is 0 Å². The fourth-order valence-electron chi connectivity index (χ4n) is 2.95. The van der Waals surface area contributed by atoms with Crippen LogP contribution < -0.4 is 19.7 Å². The minimum Gasteiger partial charge on any atom is -0.482 e. The van der Waals surface area contributed by atoms with E-state index in [-0.39, 0.29) is 18.4 Å². The van der Waals surface area contributed by atoms with Crippen LogP contribution >= 0.6 is 23.2 Å². The van der Waals surface area contributed by atoms with Gasteiger partial charge in [0.2, 0.25) is 0 Å². The average Bonchev–Trinajstić information content (AvgIpc) is 2.67. The van der Waals surface area contributed by atoms with Crippen molar-refractivity contribution in [3.8, 4) is 11.5 Å². The minimum absolute atomic E-state index is 0.0885. The highest BCUT2D eigenvalue weighted by atomic mass is 35.5. The van der Waals surface area contributed by atoms with Crippen LogP contribution in [0.1, 0.15) is 6.92 Å². The quantitative estimate of drug-likeness (QED) is 0.694. The summed E-state index contributed by atoms with van der Waals surface area (Å²) in [5, 5.41) is 3.57. The van der Waals surface area contributed by atoms with Gasteiger partial charge in [-0.05, 0) is 51.4 Å². The molecule has 3 rings (SSSR count). The van der Waals surface area contributed by atoms with E-state index >= 15 is 0 Å². The first-order valence-corrected chi connectivity index (χ1v) is 10.1. The largest absolute Gasteiger partial charge is 0.482 e. The maximum Gasteiger partial charge on any atom is 0.267 e. The molecule has 1 aliphatic rings. The number of carbonyl (C=O) groups excluding carboxylic acids is 2. The Morgan fingerprint density at radius 2 is 2.00 bits per heavy atom. The Labute approximate surface area is 185 Å². The molecule has 2 aromatic rings. The molecular formula is C21H23Cl2N3O4. The zero-order chi connectivity index (χ0) is 21.8. The number of carbonyl (C=O) groups is 2. The van der Waals surface area contributed by atoms with Crippen molar-refractivity contribution in [1.29, 1.82) is 0 Å². The van der Waals surface area contributed by atoms with E-state index < -0.39 is 6.10 Å². The van der Waals surface area contributed by atoms with E-state index in [0.29, 0.717) is 39.5 Å². The molecule has 1 unspecified atom stereocenters. The molecule has 0 aliphatic carbocycles. The molecule has 9 heteroatoms. The second-order valence-corrected chi connectivity index (χ2v) is 7.99. The van der Waals surface area contributed by atoms with Crippen molar-refractivity contribution in [3.63, 3.8) is 0 Å². The lowest BCUT2D eigenvalue weighted by atomic mass is 10.1. The Hall–Kier alpha value is -2.48. The molecule has 2 amide bonds. The molecule has 2 aromatic carbocycles. The number of anilines is 2. The molecule has 0 bridgehead atoms. The van der Waals surface area contributed by atoms with Gasteiger partial charge < -0.3 is 24.6 Å². The van der Waals surface area contributed by atoms with Crippen LogP contribution in [0, 0.1) is 0 Å². The SMILES string of the molecule is CC1Oc2cc(NC(=O)COc3ccc(Cl)cc3Cl)ccc2N(CCN(C)C)C1=O. The van der Waals surface area contributed by atoms with E-state index in [4.69, 9.17) is 32.7 Å². The number of hydrogen-bond donors (Lipinski definition) is 1. The van der Waals surface area contributed by atoms with Gasteiger partial charge in [0.15, 0.2) is 12.7 Å². The standard InChI is InChI=1S/C21H23Cl2N3O4/c1-13-21(28)26(9-8-25(2)3)17-6-5-15(11-19(17)30-13)24-20(27)12-29-18-7-4-14(22)10-16(18)23/h4-7,10-11,13H,8-9,12H2,1-3H3,(H,24,27). The summed E-state index contributed by atoms with van der Waals surface area (Å²) in [5.74, 6) is 0.467. The van der Waals surface area contributed by atoms with Crippen molar-refractivity contribution in [2.75, 3.05) is 44.0 Å². The Bertz CT molecular complexity index is 952. The van der Waals surface area contributed by atoms with Gasteiger partial charge in [0.05, 0.1) is 10.7 Å². The van der Waals surface area contributed by atoms with Gasteiger partial charge in [-0.15, -0.1) is 0 Å². The first-order valence-electron chi connectivity index (χ1n) is 9.39. The molecule has 30 heavy (non-hydrogen) atoms. The lowest BCUT2D eigenvalue weighted by Crippen LogP contribution is -2.46. The molecule has 0 aromatic heterocycles. The predicted molar refractivity (Wildman–Crippen MR) is 118 cm³/mol. The van der Waals surface area contributed by atoms with Crippen LogP contribution in [-0.2, 0) is 9.59 Å². The number of nitrogens with zero attached hydrogens (tertiary/aromatic N) is 2. The molecule has 1 heterocycles. The van der Waals surface area contributed by atoms with E-state index in [2.05, 4.69) is 5.32 Å². The molecule has 0 saturated heterocycles. The number of likely N-dealkylation sites (N-methyl/N-ethyl adjacent to an activating group) is 1. The van der Waals surface area contributed by atoms with E-state index in [0.717, 1.165) is 6.54 Å². The molecule has 0 saturated carbocycles. The van der Waals surface area contributed by atoms with Gasteiger partial charge in [0.1, 0.15) is 11.5 Å². The summed E-state index contributed by atoms with van der Waals surface area (Å²) in [5.41, 5.74) is 1.22. The molecule has 0 radical (unpaired) electrons. The van der Waals surface area contributed by atoms with Crippen molar-refractivity contribution >= 4 is 46.4 Å². The van der Waals surface area contributed by atoms with Crippen LogP contribution in [0.2, 0.25) is 10.0 Å². The van der Waals surface area contributed by atoms with Crippen LogP contribution in [0.4, 0.5) is 11.4 Å². The molecule has 0 spiro atoms. The van der Waals surface area contributed by atoms with Gasteiger partial charge in [-0.2, -0.15) is 0 Å². The summed E-state index contributed by atoms with van der Waals surface area (Å²) < 4.78 is 11.2. The molecule has 160 valence electrons. The van der Waals surface area contributed by atoms with Gasteiger partial charge in [-0.1, -0.05) is 23.2 Å². The highest BCUT2D eigenvalue weighted by Crippen LogP contribution is 2.36. The monoisotopic (exact) mass is 451 g/mol. The van der Waals surface area contributed by atoms with Gasteiger partial charge in [-0.3, -0.25) is 9.59 Å². The summed E-state index contributed by atoms with van der Waals surface area (Å²) in [6.07, 6.45) is -0.596. The van der Waals surface area contributed by atoms with Crippen LogP contribution in [-0.4, -0.2) is 56.6 Å². The lowest BCUT2D eigenvalue weighted by Gasteiger charge is -2.34. The van der Waals surface area contributed by atoms with E-state index in [1.54, 1.807) is 48.2 Å². The fraction of sp³-hybridized carbons (Fsp3) is 0.333. The minimum atomic E-state index is -0.596. The lowest BCUT2D eigenvalue weighted by molar-refractivity contribution is -0.125.